The lowest BCUT2D eigenvalue weighted by Gasteiger charge is -2.12. The molecule has 0 spiro atoms. The van der Waals surface area contributed by atoms with Gasteiger partial charge in [0, 0.05) is 16.3 Å². The molecule has 0 aliphatic carbocycles. The van der Waals surface area contributed by atoms with Crippen LogP contribution in [0.3, 0.4) is 0 Å². The van der Waals surface area contributed by atoms with Gasteiger partial charge in [-0.2, -0.15) is 0 Å². The first-order chi connectivity index (χ1) is 15.9. The molecule has 0 saturated carbocycles. The van der Waals surface area contributed by atoms with Gasteiger partial charge in [-0.15, -0.1) is 0 Å². The molecule has 166 valence electrons. The average Bonchev–Trinajstić information content (AvgIpc) is 3.07. The summed E-state index contributed by atoms with van der Waals surface area (Å²) in [5.74, 6) is -0.444. The largest absolute Gasteiger partial charge is 0.483 e. The van der Waals surface area contributed by atoms with Crippen molar-refractivity contribution >= 4 is 46.9 Å². The smallest absolute Gasteiger partial charge is 0.333 e. The molecule has 1 fully saturated rings. The summed E-state index contributed by atoms with van der Waals surface area (Å²) >= 11 is 5.99. The Balaban J connectivity index is 1.48. The van der Waals surface area contributed by atoms with Crippen LogP contribution in [-0.2, 0) is 9.59 Å². The number of rotatable bonds is 6. The Labute approximate surface area is 195 Å². The highest BCUT2D eigenvalue weighted by molar-refractivity contribution is 6.32. The van der Waals surface area contributed by atoms with E-state index in [1.165, 1.54) is 12.1 Å². The molecule has 1 aliphatic rings. The van der Waals surface area contributed by atoms with Gasteiger partial charge in [0.05, 0.1) is 5.69 Å². The molecular formula is C25H20ClN3O4. The zero-order chi connectivity index (χ0) is 23.4. The van der Waals surface area contributed by atoms with E-state index in [2.05, 4.69) is 10.6 Å². The van der Waals surface area contributed by atoms with E-state index in [9.17, 15) is 14.4 Å². The number of imide groups is 1. The molecule has 8 heteroatoms. The molecule has 0 aromatic heterocycles. The number of para-hydroxylation sites is 1. The second kappa shape index (κ2) is 9.58. The molecule has 0 radical (unpaired) electrons. The number of urea groups is 1. The quantitative estimate of drug-likeness (QED) is 0.409. The summed E-state index contributed by atoms with van der Waals surface area (Å²) in [6.07, 6.45) is 1.51. The fourth-order valence-electron chi connectivity index (χ4n) is 3.25. The number of anilines is 2. The van der Waals surface area contributed by atoms with Crippen molar-refractivity contribution in [1.29, 1.82) is 0 Å². The highest BCUT2D eigenvalue weighted by atomic mass is 35.5. The summed E-state index contributed by atoms with van der Waals surface area (Å²) in [7, 11) is 0. The molecule has 4 rings (SSSR count). The molecule has 1 aliphatic heterocycles. The van der Waals surface area contributed by atoms with Crippen LogP contribution in [0.4, 0.5) is 16.2 Å². The fraction of sp³-hybridized carbons (Fsp3) is 0.0800. The molecule has 3 aromatic carbocycles. The van der Waals surface area contributed by atoms with Crippen molar-refractivity contribution in [2.24, 2.45) is 0 Å². The van der Waals surface area contributed by atoms with Crippen LogP contribution >= 0.6 is 11.6 Å². The average molecular weight is 462 g/mol. The third-order valence-corrected chi connectivity index (χ3v) is 5.09. The van der Waals surface area contributed by atoms with E-state index in [1.807, 2.05) is 31.2 Å². The first-order valence-electron chi connectivity index (χ1n) is 10.1. The number of halogens is 1. The highest BCUT2D eigenvalue weighted by Gasteiger charge is 2.35. The molecule has 1 saturated heterocycles. The Hall–Kier alpha value is -4.10. The maximum atomic E-state index is 12.9. The predicted molar refractivity (Wildman–Crippen MR) is 127 cm³/mol. The van der Waals surface area contributed by atoms with E-state index in [0.717, 1.165) is 10.5 Å². The summed E-state index contributed by atoms with van der Waals surface area (Å²) in [4.78, 5) is 38.6. The van der Waals surface area contributed by atoms with Crippen LogP contribution < -0.4 is 20.3 Å². The Morgan fingerprint density at radius 3 is 2.58 bits per heavy atom. The molecule has 0 bridgehead atoms. The van der Waals surface area contributed by atoms with Gasteiger partial charge < -0.3 is 15.4 Å². The van der Waals surface area contributed by atoms with E-state index in [0.29, 0.717) is 27.7 Å². The Kier molecular flexibility index (Phi) is 6.42. The second-order valence-corrected chi connectivity index (χ2v) is 7.79. The minimum atomic E-state index is -0.579. The number of ether oxygens (including phenoxy) is 1. The summed E-state index contributed by atoms with van der Waals surface area (Å²) in [5.41, 5.74) is 2.75. The molecule has 0 atom stereocenters. The van der Waals surface area contributed by atoms with Crippen LogP contribution in [0, 0.1) is 6.92 Å². The SMILES string of the molecule is Cc1ccc(NC(=O)COc2ccccc2/C=C2/NC(=O)N(c3cccc(Cl)c3)C2=O)cc1. The van der Waals surface area contributed by atoms with Crippen LogP contribution in [0.25, 0.3) is 6.08 Å². The summed E-state index contributed by atoms with van der Waals surface area (Å²) < 4.78 is 5.68. The van der Waals surface area contributed by atoms with E-state index < -0.39 is 11.9 Å². The first-order valence-corrected chi connectivity index (χ1v) is 10.5. The minimum absolute atomic E-state index is 0.0835. The Morgan fingerprint density at radius 1 is 1.06 bits per heavy atom. The van der Waals surface area contributed by atoms with Crippen LogP contribution in [0.15, 0.2) is 78.5 Å². The monoisotopic (exact) mass is 461 g/mol. The standard InChI is InChI=1S/C25H20ClN3O4/c1-16-9-11-19(12-10-16)27-23(30)15-33-22-8-3-2-5-17(22)13-21-24(31)29(25(32)28-21)20-7-4-6-18(26)14-20/h2-14H,15H2,1H3,(H,27,30)(H,28,32)/b21-13+. The van der Waals surface area contributed by atoms with Crippen molar-refractivity contribution < 1.29 is 19.1 Å². The van der Waals surface area contributed by atoms with Gasteiger partial charge in [0.25, 0.3) is 11.8 Å². The number of aryl methyl sites for hydroxylation is 1. The maximum Gasteiger partial charge on any atom is 0.333 e. The molecule has 0 unspecified atom stereocenters. The zero-order valence-corrected chi connectivity index (χ0v) is 18.4. The molecule has 3 aromatic rings. The third kappa shape index (κ3) is 5.22. The van der Waals surface area contributed by atoms with Gasteiger partial charge in [0.1, 0.15) is 11.4 Å². The lowest BCUT2D eigenvalue weighted by Crippen LogP contribution is -2.30. The van der Waals surface area contributed by atoms with Crippen molar-refractivity contribution in [3.8, 4) is 5.75 Å². The molecule has 1 heterocycles. The predicted octanol–water partition coefficient (Wildman–Crippen LogP) is 4.76. The third-order valence-electron chi connectivity index (χ3n) is 4.86. The van der Waals surface area contributed by atoms with Crippen LogP contribution in [0.5, 0.6) is 5.75 Å². The van der Waals surface area contributed by atoms with Crippen LogP contribution in [0.2, 0.25) is 5.02 Å². The van der Waals surface area contributed by atoms with Gasteiger partial charge in [0.2, 0.25) is 0 Å². The van der Waals surface area contributed by atoms with Crippen molar-refractivity contribution in [3.63, 3.8) is 0 Å². The van der Waals surface area contributed by atoms with Crippen molar-refractivity contribution in [2.75, 3.05) is 16.8 Å². The van der Waals surface area contributed by atoms with Crippen LogP contribution in [0.1, 0.15) is 11.1 Å². The maximum absolute atomic E-state index is 12.9. The second-order valence-electron chi connectivity index (χ2n) is 7.35. The topological polar surface area (TPSA) is 87.7 Å². The van der Waals surface area contributed by atoms with E-state index in [-0.39, 0.29) is 18.2 Å². The number of benzene rings is 3. The molecule has 2 N–H and O–H groups in total. The Morgan fingerprint density at radius 2 is 1.82 bits per heavy atom. The Bertz CT molecular complexity index is 1250. The van der Waals surface area contributed by atoms with Crippen LogP contribution in [-0.4, -0.2) is 24.5 Å². The van der Waals surface area contributed by atoms with Crippen molar-refractivity contribution in [1.82, 2.24) is 5.32 Å². The van der Waals surface area contributed by atoms with E-state index >= 15 is 0 Å². The summed E-state index contributed by atoms with van der Waals surface area (Å²) in [6.45, 7) is 1.74. The van der Waals surface area contributed by atoms with Gasteiger partial charge in [-0.05, 0) is 49.4 Å². The molecule has 33 heavy (non-hydrogen) atoms. The van der Waals surface area contributed by atoms with Gasteiger partial charge in [0.15, 0.2) is 6.61 Å². The van der Waals surface area contributed by atoms with Crippen molar-refractivity contribution in [3.05, 3.63) is 94.6 Å². The molecule has 4 amide bonds. The highest BCUT2D eigenvalue weighted by Crippen LogP contribution is 2.27. The normalized spacial score (nSPS) is 14.4. The number of hydrogen-bond acceptors (Lipinski definition) is 4. The first kappa shape index (κ1) is 22.1. The molecule has 7 nitrogen and oxygen atoms in total. The minimum Gasteiger partial charge on any atom is -0.483 e. The number of amides is 4. The van der Waals surface area contributed by atoms with Gasteiger partial charge in [-0.25, -0.2) is 9.69 Å². The van der Waals surface area contributed by atoms with Crippen molar-refractivity contribution in [2.45, 2.75) is 6.92 Å². The van der Waals surface area contributed by atoms with Gasteiger partial charge >= 0.3 is 6.03 Å². The van der Waals surface area contributed by atoms with E-state index in [1.54, 1.807) is 42.5 Å². The van der Waals surface area contributed by atoms with Gasteiger partial charge in [-0.3, -0.25) is 9.59 Å². The summed E-state index contributed by atoms with van der Waals surface area (Å²) in [6, 6.07) is 20.2. The summed E-state index contributed by atoms with van der Waals surface area (Å²) in [5, 5.41) is 5.75. The zero-order valence-electron chi connectivity index (χ0n) is 17.7. The van der Waals surface area contributed by atoms with Gasteiger partial charge in [-0.1, -0.05) is 53.6 Å². The number of nitrogens with one attached hydrogen (secondary N) is 2. The lowest BCUT2D eigenvalue weighted by atomic mass is 10.1. The lowest BCUT2D eigenvalue weighted by molar-refractivity contribution is -0.118. The number of hydrogen-bond donors (Lipinski definition) is 2. The fourth-order valence-corrected chi connectivity index (χ4v) is 3.43. The van der Waals surface area contributed by atoms with E-state index in [4.69, 9.17) is 16.3 Å². The number of carbonyl (C=O) groups excluding carboxylic acids is 3. The number of nitrogens with zero attached hydrogens (tertiary/aromatic N) is 1. The molecular weight excluding hydrogens is 442 g/mol. The number of carbonyl (C=O) groups is 3.